The molecule has 1 aliphatic heterocycles. The van der Waals surface area contributed by atoms with Crippen molar-refractivity contribution in [2.75, 3.05) is 20.8 Å². The van der Waals surface area contributed by atoms with Crippen LogP contribution in [0.4, 0.5) is 0 Å². The van der Waals surface area contributed by atoms with Gasteiger partial charge in [0.2, 0.25) is 17.6 Å². The second kappa shape index (κ2) is 10.5. The first kappa shape index (κ1) is 23.4. The number of hydrogen-bond acceptors (Lipinski definition) is 7. The molecule has 1 unspecified atom stereocenters. The Balaban J connectivity index is 1.22. The summed E-state index contributed by atoms with van der Waals surface area (Å²) in [6.45, 7) is 1.44. The van der Waals surface area contributed by atoms with Crippen molar-refractivity contribution in [3.8, 4) is 28.6 Å². The van der Waals surface area contributed by atoms with Gasteiger partial charge in [-0.15, -0.1) is 0 Å². The Labute approximate surface area is 209 Å². The third-order valence-electron chi connectivity index (χ3n) is 6.22. The maximum atomic E-state index is 12.7. The first-order chi connectivity index (χ1) is 17.6. The van der Waals surface area contributed by atoms with E-state index in [0.29, 0.717) is 49.3 Å². The van der Waals surface area contributed by atoms with Gasteiger partial charge in [0, 0.05) is 36.7 Å². The van der Waals surface area contributed by atoms with Crippen molar-refractivity contribution < 1.29 is 23.5 Å². The van der Waals surface area contributed by atoms with Crippen LogP contribution >= 0.6 is 0 Å². The van der Waals surface area contributed by atoms with Crippen molar-refractivity contribution in [2.24, 2.45) is 0 Å². The quantitative estimate of drug-likeness (QED) is 0.335. The van der Waals surface area contributed by atoms with Crippen LogP contribution in [-0.2, 0) is 17.9 Å². The molecule has 184 valence electrons. The normalized spacial score (nSPS) is 15.2. The van der Waals surface area contributed by atoms with Gasteiger partial charge in [0.25, 0.3) is 0 Å². The molecule has 1 saturated heterocycles. The highest BCUT2D eigenvalue weighted by Gasteiger charge is 2.34. The Morgan fingerprint density at radius 1 is 0.972 bits per heavy atom. The Morgan fingerprint density at radius 2 is 1.75 bits per heavy atom. The van der Waals surface area contributed by atoms with Gasteiger partial charge in [0.1, 0.15) is 23.9 Å². The third-order valence-corrected chi connectivity index (χ3v) is 6.22. The summed E-state index contributed by atoms with van der Waals surface area (Å²) >= 11 is 0. The van der Waals surface area contributed by atoms with Gasteiger partial charge in [-0.05, 0) is 42.0 Å². The number of benzene rings is 3. The van der Waals surface area contributed by atoms with Crippen molar-refractivity contribution in [1.82, 2.24) is 15.0 Å². The first-order valence-electron chi connectivity index (χ1n) is 11.7. The van der Waals surface area contributed by atoms with Gasteiger partial charge in [-0.25, -0.2) is 0 Å². The molecule has 8 heteroatoms. The van der Waals surface area contributed by atoms with E-state index < -0.39 is 0 Å². The van der Waals surface area contributed by atoms with Gasteiger partial charge >= 0.3 is 0 Å². The zero-order chi connectivity index (χ0) is 24.9. The molecule has 0 saturated carbocycles. The molecule has 1 aromatic heterocycles. The summed E-state index contributed by atoms with van der Waals surface area (Å²) in [4.78, 5) is 19.1. The lowest BCUT2D eigenvalue weighted by Gasteiger charge is -2.18. The van der Waals surface area contributed by atoms with Crippen LogP contribution in [-0.4, -0.2) is 41.7 Å². The number of nitrogens with zero attached hydrogens (tertiary/aromatic N) is 3. The largest absolute Gasteiger partial charge is 0.497 e. The predicted octanol–water partition coefficient (Wildman–Crippen LogP) is 4.85. The van der Waals surface area contributed by atoms with Crippen LogP contribution in [0, 0.1) is 0 Å². The number of aromatic nitrogens is 2. The van der Waals surface area contributed by atoms with Crippen molar-refractivity contribution in [1.29, 1.82) is 0 Å². The number of likely N-dealkylation sites (tertiary alicyclic amines) is 1. The van der Waals surface area contributed by atoms with Gasteiger partial charge in [0.05, 0.1) is 20.1 Å². The van der Waals surface area contributed by atoms with Crippen LogP contribution < -0.4 is 14.2 Å². The highest BCUT2D eigenvalue weighted by Crippen LogP contribution is 2.32. The third kappa shape index (κ3) is 5.17. The molecule has 4 aromatic rings. The van der Waals surface area contributed by atoms with Gasteiger partial charge in [-0.1, -0.05) is 35.5 Å². The summed E-state index contributed by atoms with van der Waals surface area (Å²) < 4.78 is 22.1. The maximum absolute atomic E-state index is 12.7. The molecule has 5 rings (SSSR count). The van der Waals surface area contributed by atoms with Crippen molar-refractivity contribution in [3.63, 3.8) is 0 Å². The summed E-state index contributed by atoms with van der Waals surface area (Å²) in [7, 11) is 3.21. The van der Waals surface area contributed by atoms with Gasteiger partial charge in [-0.2, -0.15) is 4.98 Å². The molecule has 0 bridgehead atoms. The van der Waals surface area contributed by atoms with E-state index in [9.17, 15) is 4.79 Å². The average molecular weight is 486 g/mol. The van der Waals surface area contributed by atoms with Crippen molar-refractivity contribution in [3.05, 3.63) is 89.8 Å². The number of rotatable bonds is 9. The van der Waals surface area contributed by atoms with Crippen LogP contribution in [0.1, 0.15) is 29.4 Å². The van der Waals surface area contributed by atoms with E-state index in [2.05, 4.69) is 10.1 Å². The van der Waals surface area contributed by atoms with Gasteiger partial charge < -0.3 is 23.6 Å². The zero-order valence-electron chi connectivity index (χ0n) is 20.2. The first-order valence-corrected chi connectivity index (χ1v) is 11.7. The summed E-state index contributed by atoms with van der Waals surface area (Å²) in [5.41, 5.74) is 2.84. The molecule has 1 amide bonds. The number of ether oxygens (including phenoxy) is 3. The number of methoxy groups -OCH3 is 2. The van der Waals surface area contributed by atoms with Crippen LogP contribution in [0.3, 0.4) is 0 Å². The van der Waals surface area contributed by atoms with Crippen LogP contribution in [0.2, 0.25) is 0 Å². The molecular formula is C28H27N3O5. The minimum Gasteiger partial charge on any atom is -0.497 e. The molecule has 1 fully saturated rings. The van der Waals surface area contributed by atoms with Gasteiger partial charge in [-0.3, -0.25) is 4.79 Å². The van der Waals surface area contributed by atoms with E-state index in [1.807, 2.05) is 72.8 Å². The lowest BCUT2D eigenvalue weighted by atomic mass is 10.1. The number of amides is 1. The molecule has 2 heterocycles. The van der Waals surface area contributed by atoms with Gasteiger partial charge in [0.15, 0.2) is 0 Å². The minimum absolute atomic E-state index is 0.0394. The summed E-state index contributed by atoms with van der Waals surface area (Å²) in [5.74, 6) is 2.98. The zero-order valence-corrected chi connectivity index (χ0v) is 20.2. The Hall–Kier alpha value is -4.33. The highest BCUT2D eigenvalue weighted by molar-refractivity contribution is 5.79. The molecule has 0 radical (unpaired) electrons. The smallest absolute Gasteiger partial charge is 0.232 e. The van der Waals surface area contributed by atoms with E-state index >= 15 is 0 Å². The lowest BCUT2D eigenvalue weighted by Crippen LogP contribution is -2.24. The van der Waals surface area contributed by atoms with E-state index in [0.717, 1.165) is 22.4 Å². The molecule has 1 aliphatic rings. The minimum atomic E-state index is -0.156. The van der Waals surface area contributed by atoms with Crippen molar-refractivity contribution in [2.45, 2.75) is 25.5 Å². The Kier molecular flexibility index (Phi) is 6.84. The number of hydrogen-bond donors (Lipinski definition) is 0. The molecule has 1 atom stereocenters. The Bertz CT molecular complexity index is 1320. The maximum Gasteiger partial charge on any atom is 0.232 e. The summed E-state index contributed by atoms with van der Waals surface area (Å²) in [6, 6.07) is 23.2. The summed E-state index contributed by atoms with van der Waals surface area (Å²) in [5, 5.41) is 4.14. The predicted molar refractivity (Wildman–Crippen MR) is 133 cm³/mol. The van der Waals surface area contributed by atoms with E-state index in [4.69, 9.17) is 18.7 Å². The van der Waals surface area contributed by atoms with E-state index in [-0.39, 0.29) is 11.8 Å². The SMILES string of the molecule is COc1ccc(CN2CC(c3nc(-c4ccc(OCc5ccccc5)cc4)no3)CC2=O)c(OC)c1. The highest BCUT2D eigenvalue weighted by atomic mass is 16.5. The number of carbonyl (C=O) groups excluding carboxylic acids is 1. The van der Waals surface area contributed by atoms with Crippen LogP contribution in [0.25, 0.3) is 11.4 Å². The molecule has 0 spiro atoms. The standard InChI is InChI=1S/C28H27N3O5/c1-33-24-13-10-21(25(15-24)34-2)16-31-17-22(14-26(31)32)28-29-27(30-36-28)20-8-11-23(12-9-20)35-18-19-6-4-3-5-7-19/h3-13,15,22H,14,16-18H2,1-2H3. The van der Waals surface area contributed by atoms with Crippen LogP contribution in [0.5, 0.6) is 17.2 Å². The molecular weight excluding hydrogens is 458 g/mol. The monoisotopic (exact) mass is 485 g/mol. The molecule has 8 nitrogen and oxygen atoms in total. The number of carbonyl (C=O) groups is 1. The molecule has 0 aliphatic carbocycles. The molecule has 36 heavy (non-hydrogen) atoms. The van der Waals surface area contributed by atoms with Crippen LogP contribution in [0.15, 0.2) is 77.3 Å². The second-order valence-electron chi connectivity index (χ2n) is 8.61. The lowest BCUT2D eigenvalue weighted by molar-refractivity contribution is -0.128. The fourth-order valence-corrected chi connectivity index (χ4v) is 4.24. The summed E-state index contributed by atoms with van der Waals surface area (Å²) in [6.07, 6.45) is 0.326. The second-order valence-corrected chi connectivity index (χ2v) is 8.61. The van der Waals surface area contributed by atoms with E-state index in [1.54, 1.807) is 19.1 Å². The fourth-order valence-electron chi connectivity index (χ4n) is 4.24. The molecule has 3 aromatic carbocycles. The topological polar surface area (TPSA) is 86.9 Å². The average Bonchev–Trinajstić information content (AvgIpc) is 3.56. The Morgan fingerprint density at radius 3 is 2.50 bits per heavy atom. The fraction of sp³-hybridized carbons (Fsp3) is 0.250. The van der Waals surface area contributed by atoms with Crippen molar-refractivity contribution >= 4 is 5.91 Å². The van der Waals surface area contributed by atoms with E-state index in [1.165, 1.54) is 0 Å². The molecule has 0 N–H and O–H groups in total.